The molecule has 0 saturated carbocycles. The van der Waals surface area contributed by atoms with Crippen molar-refractivity contribution in [1.29, 1.82) is 0 Å². The average molecular weight is 149 g/mol. The van der Waals surface area contributed by atoms with E-state index in [4.69, 9.17) is 5.11 Å². The Morgan fingerprint density at radius 3 is 2.40 bits per heavy atom. The van der Waals surface area contributed by atoms with Crippen LogP contribution in [0.2, 0.25) is 0 Å². The van der Waals surface area contributed by atoms with E-state index in [0.29, 0.717) is 13.0 Å². The van der Waals surface area contributed by atoms with Crippen molar-refractivity contribution < 1.29 is 11.3 Å². The summed E-state index contributed by atoms with van der Waals surface area (Å²) in [6, 6.07) is 0. The summed E-state index contributed by atoms with van der Waals surface area (Å²) in [5.41, 5.74) is 0. The molecule has 2 N–H and O–H groups in total. The number of aliphatic hydroxyl groups excluding tert-OH is 1. The van der Waals surface area contributed by atoms with E-state index in [9.17, 15) is 4.79 Å². The van der Waals surface area contributed by atoms with Crippen LogP contribution >= 0.6 is 0 Å². The summed E-state index contributed by atoms with van der Waals surface area (Å²) < 4.78 is 0. The molecular formula is C7H19NO2. The van der Waals surface area contributed by atoms with Crippen LogP contribution < -0.4 is 5.32 Å². The lowest BCUT2D eigenvalue weighted by Crippen LogP contribution is -2.25. The second kappa shape index (κ2) is 11.3. The first-order valence-corrected chi connectivity index (χ1v) is 3.68. The number of hydrogen-bond acceptors (Lipinski definition) is 2. The Kier molecular flexibility index (Phi) is 13.7. The van der Waals surface area contributed by atoms with Gasteiger partial charge in [0, 0.05) is 14.4 Å². The molecule has 0 unspecified atom stereocenters. The van der Waals surface area contributed by atoms with Gasteiger partial charge in [-0.1, -0.05) is 20.8 Å². The molecule has 0 aromatic rings. The summed E-state index contributed by atoms with van der Waals surface area (Å²) in [6.07, 6.45) is 0.486. The summed E-state index contributed by atoms with van der Waals surface area (Å²) in [4.78, 5) is 10.3. The van der Waals surface area contributed by atoms with Crippen molar-refractivity contribution in [2.24, 2.45) is 0 Å². The molecule has 3 nitrogen and oxygen atoms in total. The highest BCUT2D eigenvalue weighted by molar-refractivity contribution is 5.75. The summed E-state index contributed by atoms with van der Waals surface area (Å²) in [7, 11) is 0. The Morgan fingerprint density at radius 2 is 2.10 bits per heavy atom. The van der Waals surface area contributed by atoms with E-state index in [2.05, 4.69) is 5.32 Å². The van der Waals surface area contributed by atoms with Crippen molar-refractivity contribution in [1.82, 2.24) is 5.32 Å². The van der Waals surface area contributed by atoms with Crippen molar-refractivity contribution in [3.05, 3.63) is 0 Å². The van der Waals surface area contributed by atoms with Crippen LogP contribution in [0.25, 0.3) is 0 Å². The molecule has 0 atom stereocenters. The van der Waals surface area contributed by atoms with Crippen LogP contribution in [-0.4, -0.2) is 24.2 Å². The molecule has 0 aromatic carbocycles. The predicted octanol–water partition coefficient (Wildman–Crippen LogP) is 0.777. The van der Waals surface area contributed by atoms with Crippen LogP contribution in [0.4, 0.5) is 0 Å². The zero-order valence-electron chi connectivity index (χ0n) is 6.98. The highest BCUT2D eigenvalue weighted by Crippen LogP contribution is 1.71. The van der Waals surface area contributed by atoms with Crippen molar-refractivity contribution in [2.75, 3.05) is 13.2 Å². The van der Waals surface area contributed by atoms with Crippen molar-refractivity contribution in [3.8, 4) is 0 Å². The van der Waals surface area contributed by atoms with E-state index in [1.54, 1.807) is 6.92 Å². The first-order valence-electron chi connectivity index (χ1n) is 3.68. The minimum absolute atomic E-state index is 0. The van der Waals surface area contributed by atoms with Gasteiger partial charge in [-0.2, -0.15) is 0 Å². The highest BCUT2D eigenvalue weighted by Gasteiger charge is 1.91. The van der Waals surface area contributed by atoms with Crippen molar-refractivity contribution in [2.45, 2.75) is 27.2 Å². The zero-order chi connectivity index (χ0) is 8.41. The number of aliphatic hydroxyl groups is 1. The van der Waals surface area contributed by atoms with Crippen LogP contribution in [0.1, 0.15) is 28.6 Å². The average Bonchev–Trinajstić information content (AvgIpc) is 2.04. The molecule has 0 aliphatic rings. The molecule has 0 heterocycles. The second-order valence-electron chi connectivity index (χ2n) is 1.43. The number of amides is 1. The van der Waals surface area contributed by atoms with Gasteiger partial charge >= 0.3 is 0 Å². The molecule has 3 heteroatoms. The molecule has 0 saturated heterocycles. The lowest BCUT2D eigenvalue weighted by Gasteiger charge is -1.96. The minimum atomic E-state index is -0.0148. The summed E-state index contributed by atoms with van der Waals surface area (Å²) in [5.74, 6) is -0.0148. The smallest absolute Gasteiger partial charge is 0.219 e. The summed E-state index contributed by atoms with van der Waals surface area (Å²) in [6.45, 7) is 6.16. The van der Waals surface area contributed by atoms with Gasteiger partial charge in [-0.3, -0.25) is 4.79 Å². The molecule has 0 bridgehead atoms. The lowest BCUT2D eigenvalue weighted by molar-refractivity contribution is -0.120. The standard InChI is InChI=1S/C5H11NO2.C2H6.H2/c1-2-5(8)6-3-4-7;1-2;/h7H,2-4H2,1H3,(H,6,8);1-2H3;1H. The fourth-order valence-electron chi connectivity index (χ4n) is 0.320. The number of carbonyl (C=O) groups excluding carboxylic acids is 1. The molecule has 0 aliphatic heterocycles. The quantitative estimate of drug-likeness (QED) is 0.623. The van der Waals surface area contributed by atoms with Crippen LogP contribution in [0.5, 0.6) is 0 Å². The first kappa shape index (κ1) is 12.1. The monoisotopic (exact) mass is 149 g/mol. The lowest BCUT2D eigenvalue weighted by atomic mass is 10.4. The van der Waals surface area contributed by atoms with E-state index in [-0.39, 0.29) is 13.9 Å². The van der Waals surface area contributed by atoms with E-state index in [0.717, 1.165) is 0 Å². The molecule has 0 aromatic heterocycles. The third-order valence-corrected chi connectivity index (χ3v) is 0.755. The summed E-state index contributed by atoms with van der Waals surface area (Å²) in [5, 5.41) is 10.7. The van der Waals surface area contributed by atoms with Crippen LogP contribution in [0, 0.1) is 0 Å². The second-order valence-corrected chi connectivity index (χ2v) is 1.43. The molecule has 0 fully saturated rings. The Labute approximate surface area is 63.9 Å². The maximum Gasteiger partial charge on any atom is 0.219 e. The third-order valence-electron chi connectivity index (χ3n) is 0.755. The normalized spacial score (nSPS) is 7.60. The van der Waals surface area contributed by atoms with Gasteiger partial charge in [0.1, 0.15) is 0 Å². The van der Waals surface area contributed by atoms with E-state index >= 15 is 0 Å². The van der Waals surface area contributed by atoms with Gasteiger partial charge in [0.25, 0.3) is 0 Å². The van der Waals surface area contributed by atoms with Crippen LogP contribution in [0.3, 0.4) is 0 Å². The molecular weight excluding hydrogens is 130 g/mol. The number of carbonyl (C=O) groups is 1. The number of rotatable bonds is 3. The van der Waals surface area contributed by atoms with E-state index < -0.39 is 0 Å². The molecule has 0 radical (unpaired) electrons. The van der Waals surface area contributed by atoms with Gasteiger partial charge < -0.3 is 10.4 Å². The molecule has 1 amide bonds. The van der Waals surface area contributed by atoms with E-state index in [1.165, 1.54) is 0 Å². The first-order chi connectivity index (χ1) is 4.81. The Hall–Kier alpha value is -0.570. The molecule has 0 aliphatic carbocycles. The minimum Gasteiger partial charge on any atom is -0.395 e. The third kappa shape index (κ3) is 10.4. The van der Waals surface area contributed by atoms with Crippen molar-refractivity contribution in [3.63, 3.8) is 0 Å². The van der Waals surface area contributed by atoms with Crippen LogP contribution in [0.15, 0.2) is 0 Å². The van der Waals surface area contributed by atoms with E-state index in [1.807, 2.05) is 13.8 Å². The molecule has 0 rings (SSSR count). The van der Waals surface area contributed by atoms with Crippen molar-refractivity contribution >= 4 is 5.91 Å². The Bertz CT molecular complexity index is 78.8. The van der Waals surface area contributed by atoms with Gasteiger partial charge in [0.2, 0.25) is 5.91 Å². The SMILES string of the molecule is CC.CCC(=O)NCCO.[HH]. The maximum absolute atomic E-state index is 10.3. The number of nitrogens with one attached hydrogen (secondary N) is 1. The Morgan fingerprint density at radius 1 is 1.60 bits per heavy atom. The van der Waals surface area contributed by atoms with Gasteiger partial charge in [0.05, 0.1) is 6.61 Å². The van der Waals surface area contributed by atoms with Crippen LogP contribution in [-0.2, 0) is 4.79 Å². The molecule has 64 valence electrons. The van der Waals surface area contributed by atoms with Gasteiger partial charge in [-0.15, -0.1) is 0 Å². The maximum atomic E-state index is 10.3. The summed E-state index contributed by atoms with van der Waals surface area (Å²) >= 11 is 0. The van der Waals surface area contributed by atoms with Gasteiger partial charge in [0.15, 0.2) is 0 Å². The van der Waals surface area contributed by atoms with Gasteiger partial charge in [-0.25, -0.2) is 0 Å². The fraction of sp³-hybridized carbons (Fsp3) is 0.857. The van der Waals surface area contributed by atoms with Gasteiger partial charge in [-0.05, 0) is 0 Å². The number of hydrogen-bond donors (Lipinski definition) is 2. The fourth-order valence-corrected chi connectivity index (χ4v) is 0.320. The zero-order valence-corrected chi connectivity index (χ0v) is 6.98. The predicted molar refractivity (Wildman–Crippen MR) is 43.8 cm³/mol. The largest absolute Gasteiger partial charge is 0.395 e. The topological polar surface area (TPSA) is 49.3 Å². The molecule has 0 spiro atoms. The highest BCUT2D eigenvalue weighted by atomic mass is 16.3. The Balaban J connectivity index is -0.000000196. The molecule has 10 heavy (non-hydrogen) atoms.